The topological polar surface area (TPSA) is 24.5 Å². The average Bonchev–Trinajstić information content (AvgIpc) is 2.62. The van der Waals surface area contributed by atoms with E-state index in [1.54, 1.807) is 0 Å². The largest absolute Gasteiger partial charge is 0.486 e. The predicted octanol–water partition coefficient (Wildman–Crippen LogP) is 5.00. The lowest BCUT2D eigenvalue weighted by Crippen LogP contribution is -2.31. The average molecular weight is 381 g/mol. The molecule has 0 spiro atoms. The summed E-state index contributed by atoms with van der Waals surface area (Å²) in [6, 6.07) is 13.8. The zero-order chi connectivity index (χ0) is 18.1. The van der Waals surface area contributed by atoms with Crippen molar-refractivity contribution in [2.75, 3.05) is 26.2 Å². The molecule has 0 heterocycles. The van der Waals surface area contributed by atoms with Gasteiger partial charge in [0.05, 0.1) is 10.0 Å². The molecule has 0 saturated carbocycles. The molecule has 0 unspecified atom stereocenters. The van der Waals surface area contributed by atoms with E-state index >= 15 is 0 Å². The molecule has 2 rings (SSSR count). The van der Waals surface area contributed by atoms with Crippen molar-refractivity contribution >= 4 is 23.2 Å². The van der Waals surface area contributed by atoms with Gasteiger partial charge in [-0.05, 0) is 36.3 Å². The SMILES string of the molecule is CCN(CC)CCNCc1cc(Cl)c(OCc2ccccc2)c(Cl)c1. The van der Waals surface area contributed by atoms with Crippen LogP contribution in [-0.2, 0) is 13.2 Å². The Labute approximate surface area is 160 Å². The molecule has 25 heavy (non-hydrogen) atoms. The van der Waals surface area contributed by atoms with Crippen molar-refractivity contribution in [2.45, 2.75) is 27.0 Å². The minimum atomic E-state index is 0.446. The highest BCUT2D eigenvalue weighted by Crippen LogP contribution is 2.34. The van der Waals surface area contributed by atoms with E-state index in [1.807, 2.05) is 42.5 Å². The predicted molar refractivity (Wildman–Crippen MR) is 107 cm³/mol. The van der Waals surface area contributed by atoms with Crippen LogP contribution in [0.1, 0.15) is 25.0 Å². The van der Waals surface area contributed by atoms with Gasteiger partial charge < -0.3 is 15.0 Å². The number of halogens is 2. The maximum atomic E-state index is 6.36. The number of rotatable bonds is 10. The number of nitrogens with zero attached hydrogens (tertiary/aromatic N) is 1. The van der Waals surface area contributed by atoms with Gasteiger partial charge in [0.2, 0.25) is 0 Å². The summed E-state index contributed by atoms with van der Waals surface area (Å²) in [4.78, 5) is 2.38. The Kier molecular flexibility index (Phi) is 8.56. The van der Waals surface area contributed by atoms with E-state index in [-0.39, 0.29) is 0 Å². The van der Waals surface area contributed by atoms with E-state index in [9.17, 15) is 0 Å². The third-order valence-corrected chi connectivity index (χ3v) is 4.67. The molecule has 1 N–H and O–H groups in total. The molecule has 0 aliphatic rings. The van der Waals surface area contributed by atoms with Crippen LogP contribution in [0.5, 0.6) is 5.75 Å². The zero-order valence-electron chi connectivity index (χ0n) is 14.9. The smallest absolute Gasteiger partial charge is 0.156 e. The monoisotopic (exact) mass is 380 g/mol. The number of likely N-dealkylation sites (N-methyl/N-ethyl adjacent to an activating group) is 1. The van der Waals surface area contributed by atoms with Crippen LogP contribution >= 0.6 is 23.2 Å². The van der Waals surface area contributed by atoms with Crippen molar-refractivity contribution in [3.8, 4) is 5.75 Å². The second-order valence-corrected chi connectivity index (χ2v) is 6.68. The lowest BCUT2D eigenvalue weighted by molar-refractivity contribution is 0.302. The van der Waals surface area contributed by atoms with Crippen molar-refractivity contribution in [1.29, 1.82) is 0 Å². The summed E-state index contributed by atoms with van der Waals surface area (Å²) in [6.07, 6.45) is 0. The van der Waals surface area contributed by atoms with Crippen molar-refractivity contribution in [1.82, 2.24) is 10.2 Å². The zero-order valence-corrected chi connectivity index (χ0v) is 16.4. The summed E-state index contributed by atoms with van der Waals surface area (Å²) in [5.74, 6) is 0.541. The molecule has 0 atom stereocenters. The van der Waals surface area contributed by atoms with Crippen LogP contribution in [0.4, 0.5) is 0 Å². The molecule has 2 aromatic rings. The molecule has 0 aliphatic carbocycles. The van der Waals surface area contributed by atoms with E-state index in [4.69, 9.17) is 27.9 Å². The number of nitrogens with one attached hydrogen (secondary N) is 1. The van der Waals surface area contributed by atoms with Gasteiger partial charge in [-0.2, -0.15) is 0 Å². The maximum absolute atomic E-state index is 6.36. The Morgan fingerprint density at radius 3 is 2.20 bits per heavy atom. The lowest BCUT2D eigenvalue weighted by atomic mass is 10.2. The van der Waals surface area contributed by atoms with Gasteiger partial charge in [0.15, 0.2) is 5.75 Å². The van der Waals surface area contributed by atoms with Gasteiger partial charge in [0.1, 0.15) is 6.61 Å². The fraction of sp³-hybridized carbons (Fsp3) is 0.400. The summed E-state index contributed by atoms with van der Waals surface area (Å²) < 4.78 is 5.80. The third kappa shape index (κ3) is 6.52. The Morgan fingerprint density at radius 1 is 0.960 bits per heavy atom. The van der Waals surface area contributed by atoms with Gasteiger partial charge in [-0.15, -0.1) is 0 Å². The normalized spacial score (nSPS) is 11.1. The van der Waals surface area contributed by atoms with Gasteiger partial charge in [-0.25, -0.2) is 0 Å². The van der Waals surface area contributed by atoms with E-state index in [0.29, 0.717) is 22.4 Å². The summed E-state index contributed by atoms with van der Waals surface area (Å²) >= 11 is 12.7. The van der Waals surface area contributed by atoms with Crippen LogP contribution in [0.3, 0.4) is 0 Å². The van der Waals surface area contributed by atoms with Crippen LogP contribution in [-0.4, -0.2) is 31.1 Å². The first kappa shape index (κ1) is 20.1. The van der Waals surface area contributed by atoms with E-state index < -0.39 is 0 Å². The third-order valence-electron chi connectivity index (χ3n) is 4.11. The number of hydrogen-bond acceptors (Lipinski definition) is 3. The van der Waals surface area contributed by atoms with Crippen molar-refractivity contribution < 1.29 is 4.74 Å². The summed E-state index contributed by atoms with van der Waals surface area (Å²) in [7, 11) is 0. The molecule has 0 amide bonds. The number of hydrogen-bond donors (Lipinski definition) is 1. The molecule has 0 bridgehead atoms. The Bertz CT molecular complexity index is 622. The molecule has 3 nitrogen and oxygen atoms in total. The first-order valence-corrected chi connectivity index (χ1v) is 9.47. The van der Waals surface area contributed by atoms with Crippen LogP contribution < -0.4 is 10.1 Å². The van der Waals surface area contributed by atoms with Crippen LogP contribution in [0.2, 0.25) is 10.0 Å². The first-order chi connectivity index (χ1) is 12.1. The van der Waals surface area contributed by atoms with Crippen molar-refractivity contribution in [3.63, 3.8) is 0 Å². The molecule has 0 fully saturated rings. The molecule has 0 aromatic heterocycles. The molecule has 5 heteroatoms. The molecule has 0 radical (unpaired) electrons. The summed E-state index contributed by atoms with van der Waals surface area (Å²) in [5.41, 5.74) is 2.14. The van der Waals surface area contributed by atoms with Gasteiger partial charge in [-0.3, -0.25) is 0 Å². The van der Waals surface area contributed by atoms with Gasteiger partial charge in [0, 0.05) is 19.6 Å². The highest BCUT2D eigenvalue weighted by molar-refractivity contribution is 6.37. The second kappa shape index (κ2) is 10.7. The Morgan fingerprint density at radius 2 is 1.60 bits per heavy atom. The molecular weight excluding hydrogens is 355 g/mol. The second-order valence-electron chi connectivity index (χ2n) is 5.87. The highest BCUT2D eigenvalue weighted by Gasteiger charge is 2.10. The van der Waals surface area contributed by atoms with Crippen LogP contribution in [0.25, 0.3) is 0 Å². The standard InChI is InChI=1S/C20H26Cl2N2O/c1-3-24(4-2)11-10-23-14-17-12-18(21)20(19(22)13-17)25-15-16-8-6-5-7-9-16/h5-9,12-13,23H,3-4,10-11,14-15H2,1-2H3. The molecule has 2 aromatic carbocycles. The maximum Gasteiger partial charge on any atom is 0.156 e. The Balaban J connectivity index is 1.88. The van der Waals surface area contributed by atoms with E-state index in [2.05, 4.69) is 24.1 Å². The van der Waals surface area contributed by atoms with Gasteiger partial charge in [-0.1, -0.05) is 67.4 Å². The molecule has 0 aliphatic heterocycles. The minimum Gasteiger partial charge on any atom is -0.486 e. The van der Waals surface area contributed by atoms with Gasteiger partial charge >= 0.3 is 0 Å². The lowest BCUT2D eigenvalue weighted by Gasteiger charge is -2.18. The van der Waals surface area contributed by atoms with Gasteiger partial charge in [0.25, 0.3) is 0 Å². The Hall–Kier alpha value is -1.26. The molecule has 136 valence electrons. The summed E-state index contributed by atoms with van der Waals surface area (Å²) in [6.45, 7) is 9.65. The van der Waals surface area contributed by atoms with Crippen molar-refractivity contribution in [2.24, 2.45) is 0 Å². The van der Waals surface area contributed by atoms with Crippen LogP contribution in [0, 0.1) is 0 Å². The van der Waals surface area contributed by atoms with Crippen LogP contribution in [0.15, 0.2) is 42.5 Å². The molecule has 0 saturated heterocycles. The van der Waals surface area contributed by atoms with E-state index in [0.717, 1.165) is 43.9 Å². The first-order valence-electron chi connectivity index (χ1n) is 8.71. The fourth-order valence-electron chi connectivity index (χ4n) is 2.59. The van der Waals surface area contributed by atoms with E-state index in [1.165, 1.54) is 0 Å². The van der Waals surface area contributed by atoms with Crippen molar-refractivity contribution in [3.05, 3.63) is 63.6 Å². The number of benzene rings is 2. The molecular formula is C20H26Cl2N2O. The highest BCUT2D eigenvalue weighted by atomic mass is 35.5. The minimum absolute atomic E-state index is 0.446. The quantitative estimate of drug-likeness (QED) is 0.586. The number of ether oxygens (including phenoxy) is 1. The summed E-state index contributed by atoms with van der Waals surface area (Å²) in [5, 5.41) is 4.52. The fourth-order valence-corrected chi connectivity index (χ4v) is 3.23.